The lowest BCUT2D eigenvalue weighted by Crippen LogP contribution is -2.41. The molecule has 0 aromatic carbocycles. The van der Waals surface area contributed by atoms with E-state index in [4.69, 9.17) is 9.66 Å². The number of unbranched alkanes of at least 4 members (excludes halogenated alkanes) is 16. The molecule has 1 atom stereocenters. The maximum Gasteiger partial charge on any atom is 0.320 e. The SMILES string of the molecule is CCCCCCCC/C=C/CCCCCCCCCCCCN[C@H](C(=O)O)C(C)C.CCS(=O)(=O)O. The second-order valence-electron chi connectivity index (χ2n) is 10.2. The fourth-order valence-electron chi connectivity index (χ4n) is 3.95. The zero-order valence-corrected chi connectivity index (χ0v) is 24.8. The molecule has 0 aliphatic rings. The van der Waals surface area contributed by atoms with Crippen LogP contribution in [0.15, 0.2) is 12.2 Å². The third-order valence-electron chi connectivity index (χ3n) is 6.35. The average Bonchev–Trinajstić information content (AvgIpc) is 2.81. The summed E-state index contributed by atoms with van der Waals surface area (Å²) in [6.07, 6.45) is 28.9. The van der Waals surface area contributed by atoms with Gasteiger partial charge in [0.2, 0.25) is 0 Å². The summed E-state index contributed by atoms with van der Waals surface area (Å²) in [6, 6.07) is -0.402. The Hall–Kier alpha value is -0.920. The molecular formula is C29H59NO5S. The Kier molecular flexibility index (Phi) is 28.1. The lowest BCUT2D eigenvalue weighted by Gasteiger charge is -2.17. The van der Waals surface area contributed by atoms with Crippen LogP contribution in [0.1, 0.15) is 143 Å². The predicted octanol–water partition coefficient (Wildman–Crippen LogP) is 8.18. The first-order valence-electron chi connectivity index (χ1n) is 14.7. The van der Waals surface area contributed by atoms with E-state index in [0.717, 1.165) is 13.0 Å². The quantitative estimate of drug-likeness (QED) is 0.0656. The maximum atomic E-state index is 11.1. The van der Waals surface area contributed by atoms with Crippen LogP contribution in [-0.2, 0) is 14.9 Å². The molecular weight excluding hydrogens is 474 g/mol. The monoisotopic (exact) mass is 533 g/mol. The third-order valence-corrected chi connectivity index (χ3v) is 7.08. The second kappa shape index (κ2) is 27.1. The number of carbonyl (C=O) groups is 1. The van der Waals surface area contributed by atoms with Crippen LogP contribution in [0, 0.1) is 5.92 Å². The first-order valence-corrected chi connectivity index (χ1v) is 16.3. The van der Waals surface area contributed by atoms with Gasteiger partial charge in [0.25, 0.3) is 10.1 Å². The molecule has 0 rings (SSSR count). The van der Waals surface area contributed by atoms with Crippen molar-refractivity contribution in [3.05, 3.63) is 12.2 Å². The van der Waals surface area contributed by atoms with Crippen LogP contribution in [0.2, 0.25) is 0 Å². The molecule has 216 valence electrons. The van der Waals surface area contributed by atoms with Crippen LogP contribution < -0.4 is 5.32 Å². The van der Waals surface area contributed by atoms with Gasteiger partial charge in [-0.3, -0.25) is 9.35 Å². The van der Waals surface area contributed by atoms with E-state index in [1.165, 1.54) is 116 Å². The number of aliphatic carboxylic acids is 1. The van der Waals surface area contributed by atoms with Gasteiger partial charge in [0.15, 0.2) is 0 Å². The molecule has 7 heteroatoms. The van der Waals surface area contributed by atoms with Gasteiger partial charge >= 0.3 is 5.97 Å². The maximum absolute atomic E-state index is 11.1. The van der Waals surface area contributed by atoms with Gasteiger partial charge in [-0.2, -0.15) is 8.42 Å². The standard InChI is InChI=1S/C27H53NO2.C2H6O3S/c1-4-5-6-7-8-9-10-11-12-13-14-15-16-17-18-19-20-21-22-23-24-28-26(25(2)3)27(29)30;1-2-6(3,4)5/h11-12,25-26,28H,4-10,13-24H2,1-3H3,(H,29,30);2H2,1H3,(H,3,4,5)/b12-11+;/t26-;/m0./s1. The van der Waals surface area contributed by atoms with Crippen molar-refractivity contribution < 1.29 is 22.9 Å². The average molecular weight is 534 g/mol. The zero-order valence-electron chi connectivity index (χ0n) is 24.0. The summed E-state index contributed by atoms with van der Waals surface area (Å²) in [5.41, 5.74) is 0. The van der Waals surface area contributed by atoms with Crippen LogP contribution in [0.4, 0.5) is 0 Å². The fraction of sp³-hybridized carbons (Fsp3) is 0.897. The van der Waals surface area contributed by atoms with Gasteiger partial charge in [0.05, 0.1) is 5.75 Å². The molecule has 6 nitrogen and oxygen atoms in total. The molecule has 0 spiro atoms. The molecule has 0 saturated carbocycles. The van der Waals surface area contributed by atoms with Gasteiger partial charge in [0, 0.05) is 0 Å². The summed E-state index contributed by atoms with van der Waals surface area (Å²) in [6.45, 7) is 8.39. The summed E-state index contributed by atoms with van der Waals surface area (Å²) < 4.78 is 26.9. The molecule has 0 bridgehead atoms. The number of hydrogen-bond donors (Lipinski definition) is 3. The van der Waals surface area contributed by atoms with Crippen molar-refractivity contribution in [3.63, 3.8) is 0 Å². The van der Waals surface area contributed by atoms with E-state index in [0.29, 0.717) is 0 Å². The van der Waals surface area contributed by atoms with Crippen LogP contribution in [0.25, 0.3) is 0 Å². The van der Waals surface area contributed by atoms with Crippen LogP contribution in [0.5, 0.6) is 0 Å². The highest BCUT2D eigenvalue weighted by Gasteiger charge is 2.19. The predicted molar refractivity (Wildman–Crippen MR) is 154 cm³/mol. The van der Waals surface area contributed by atoms with Crippen LogP contribution in [-0.4, -0.2) is 42.4 Å². The Bertz CT molecular complexity index is 605. The van der Waals surface area contributed by atoms with Gasteiger partial charge in [-0.25, -0.2) is 0 Å². The molecule has 0 aliphatic heterocycles. The number of rotatable bonds is 24. The molecule has 0 heterocycles. The Morgan fingerprint density at radius 2 is 1.08 bits per heavy atom. The summed E-state index contributed by atoms with van der Waals surface area (Å²) in [5, 5.41) is 12.3. The minimum atomic E-state index is -3.66. The van der Waals surface area contributed by atoms with Gasteiger partial charge < -0.3 is 10.4 Å². The van der Waals surface area contributed by atoms with Gasteiger partial charge in [0.1, 0.15) is 6.04 Å². The van der Waals surface area contributed by atoms with Crippen LogP contribution >= 0.6 is 0 Å². The molecule has 0 aliphatic carbocycles. The van der Waals surface area contributed by atoms with Crippen molar-refractivity contribution in [1.82, 2.24) is 5.32 Å². The molecule has 0 amide bonds. The van der Waals surface area contributed by atoms with Crippen molar-refractivity contribution in [1.29, 1.82) is 0 Å². The Morgan fingerprint density at radius 3 is 1.42 bits per heavy atom. The van der Waals surface area contributed by atoms with E-state index >= 15 is 0 Å². The lowest BCUT2D eigenvalue weighted by molar-refractivity contribution is -0.140. The molecule has 0 saturated heterocycles. The smallest absolute Gasteiger partial charge is 0.320 e. The second-order valence-corrected chi connectivity index (χ2v) is 12.0. The first kappa shape index (κ1) is 37.2. The normalized spacial score (nSPS) is 12.6. The largest absolute Gasteiger partial charge is 0.480 e. The molecule has 0 unspecified atom stereocenters. The van der Waals surface area contributed by atoms with Crippen LogP contribution in [0.3, 0.4) is 0 Å². The first-order chi connectivity index (χ1) is 17.2. The summed E-state index contributed by atoms with van der Waals surface area (Å²) in [5.74, 6) is -0.787. The molecule has 0 aromatic rings. The van der Waals surface area contributed by atoms with Crippen molar-refractivity contribution >= 4 is 16.1 Å². The number of carboxylic acid groups (broad SMARTS) is 1. The highest BCUT2D eigenvalue weighted by Crippen LogP contribution is 2.12. The van der Waals surface area contributed by atoms with E-state index < -0.39 is 22.1 Å². The van der Waals surface area contributed by atoms with Gasteiger partial charge in [-0.1, -0.05) is 116 Å². The topological polar surface area (TPSA) is 104 Å². The molecule has 36 heavy (non-hydrogen) atoms. The summed E-state index contributed by atoms with van der Waals surface area (Å²) >= 11 is 0. The molecule has 0 aromatic heterocycles. The number of hydrogen-bond acceptors (Lipinski definition) is 4. The van der Waals surface area contributed by atoms with Crippen molar-refractivity contribution in [2.24, 2.45) is 5.92 Å². The summed E-state index contributed by atoms with van der Waals surface area (Å²) in [4.78, 5) is 11.1. The highest BCUT2D eigenvalue weighted by atomic mass is 32.2. The lowest BCUT2D eigenvalue weighted by atomic mass is 10.0. The van der Waals surface area contributed by atoms with E-state index in [1.54, 1.807) is 0 Å². The Morgan fingerprint density at radius 1 is 0.722 bits per heavy atom. The van der Waals surface area contributed by atoms with Crippen molar-refractivity contribution in [2.45, 2.75) is 149 Å². The van der Waals surface area contributed by atoms with Crippen molar-refractivity contribution in [3.8, 4) is 0 Å². The number of allylic oxidation sites excluding steroid dienone is 2. The van der Waals surface area contributed by atoms with E-state index in [-0.39, 0.29) is 11.7 Å². The van der Waals surface area contributed by atoms with E-state index in [9.17, 15) is 13.2 Å². The Balaban J connectivity index is 0. The number of carboxylic acids is 1. The highest BCUT2D eigenvalue weighted by molar-refractivity contribution is 7.85. The summed E-state index contributed by atoms with van der Waals surface area (Å²) in [7, 11) is -3.66. The minimum absolute atomic E-state index is 0.142. The van der Waals surface area contributed by atoms with E-state index in [1.807, 2.05) is 13.8 Å². The molecule has 0 fully saturated rings. The van der Waals surface area contributed by atoms with Gasteiger partial charge in [-0.15, -0.1) is 0 Å². The third kappa shape index (κ3) is 31.1. The van der Waals surface area contributed by atoms with Crippen molar-refractivity contribution in [2.75, 3.05) is 12.3 Å². The Labute approximate surface area is 223 Å². The molecule has 0 radical (unpaired) electrons. The van der Waals surface area contributed by atoms with E-state index in [2.05, 4.69) is 24.4 Å². The molecule has 3 N–H and O–H groups in total. The number of nitrogens with one attached hydrogen (secondary N) is 1. The zero-order chi connectivity index (χ0) is 27.5. The minimum Gasteiger partial charge on any atom is -0.480 e. The fourth-order valence-corrected chi connectivity index (χ4v) is 3.95. The van der Waals surface area contributed by atoms with Gasteiger partial charge in [-0.05, 0) is 51.5 Å².